The number of phenols is 1. The summed E-state index contributed by atoms with van der Waals surface area (Å²) in [7, 11) is 0. The van der Waals surface area contributed by atoms with E-state index in [9.17, 15) is 24.8 Å². The lowest BCUT2D eigenvalue weighted by Gasteiger charge is -2.14. The van der Waals surface area contributed by atoms with Crippen LogP contribution < -0.4 is 5.32 Å². The summed E-state index contributed by atoms with van der Waals surface area (Å²) in [6.45, 7) is 0.282. The van der Waals surface area contributed by atoms with Crippen LogP contribution in [0.3, 0.4) is 0 Å². The molecular formula is C22H19N3O5S2. The third kappa shape index (κ3) is 6.02. The Labute approximate surface area is 193 Å². The summed E-state index contributed by atoms with van der Waals surface area (Å²) in [5.41, 5.74) is 0.824. The van der Waals surface area contributed by atoms with Crippen molar-refractivity contribution >= 4 is 57.6 Å². The normalized spacial score (nSPS) is 15.0. The summed E-state index contributed by atoms with van der Waals surface area (Å²) < 4.78 is 0.433. The number of allylic oxidation sites excluding steroid dienone is 2. The number of thiocarbonyl (C=S) groups is 1. The van der Waals surface area contributed by atoms with Gasteiger partial charge in [-0.15, -0.1) is 0 Å². The number of hydrogen-bond donors (Lipinski definition) is 2. The van der Waals surface area contributed by atoms with Gasteiger partial charge in [-0.2, -0.15) is 0 Å². The van der Waals surface area contributed by atoms with Gasteiger partial charge < -0.3 is 10.4 Å². The molecule has 10 heteroatoms. The molecule has 2 aromatic carbocycles. The summed E-state index contributed by atoms with van der Waals surface area (Å²) in [6, 6.07) is 13.1. The highest BCUT2D eigenvalue weighted by Gasteiger charge is 2.31. The van der Waals surface area contributed by atoms with Crippen LogP contribution in [-0.2, 0) is 9.59 Å². The molecule has 2 N–H and O–H groups in total. The molecule has 1 fully saturated rings. The van der Waals surface area contributed by atoms with Crippen LogP contribution in [0.1, 0.15) is 18.4 Å². The zero-order valence-electron chi connectivity index (χ0n) is 16.8. The summed E-state index contributed by atoms with van der Waals surface area (Å²) in [5, 5.41) is 23.0. The maximum absolute atomic E-state index is 12.6. The molecule has 8 nitrogen and oxygen atoms in total. The smallest absolute Gasteiger partial charge is 0.273 e. The molecule has 2 aromatic rings. The first kappa shape index (κ1) is 23.2. The van der Waals surface area contributed by atoms with Gasteiger partial charge in [0.05, 0.1) is 21.6 Å². The number of rotatable bonds is 8. The van der Waals surface area contributed by atoms with Crippen molar-refractivity contribution in [3.8, 4) is 5.75 Å². The third-order valence-corrected chi connectivity index (χ3v) is 5.86. The van der Waals surface area contributed by atoms with Crippen LogP contribution >= 0.6 is 24.0 Å². The zero-order chi connectivity index (χ0) is 23.1. The first-order valence-corrected chi connectivity index (χ1v) is 10.8. The Morgan fingerprint density at radius 1 is 1.25 bits per heavy atom. The van der Waals surface area contributed by atoms with Gasteiger partial charge in [-0.05, 0) is 24.1 Å². The molecule has 1 saturated heterocycles. The van der Waals surface area contributed by atoms with Crippen molar-refractivity contribution in [3.63, 3.8) is 0 Å². The number of carbonyl (C=O) groups is 2. The van der Waals surface area contributed by atoms with E-state index in [0.29, 0.717) is 15.6 Å². The Bertz CT molecular complexity index is 1120. The average molecular weight is 470 g/mol. The molecule has 0 atom stereocenters. The van der Waals surface area contributed by atoms with E-state index in [1.165, 1.54) is 28.8 Å². The number of benzene rings is 2. The number of nitrogens with zero attached hydrogens (tertiary/aromatic N) is 2. The van der Waals surface area contributed by atoms with Gasteiger partial charge >= 0.3 is 0 Å². The molecule has 0 aliphatic carbocycles. The van der Waals surface area contributed by atoms with E-state index in [1.807, 2.05) is 36.4 Å². The van der Waals surface area contributed by atoms with Crippen LogP contribution in [0.2, 0.25) is 0 Å². The highest BCUT2D eigenvalue weighted by molar-refractivity contribution is 8.26. The van der Waals surface area contributed by atoms with Crippen molar-refractivity contribution in [2.75, 3.05) is 11.9 Å². The predicted octanol–water partition coefficient (Wildman–Crippen LogP) is 4.48. The molecule has 1 aliphatic rings. The minimum Gasteiger partial charge on any atom is -0.506 e. The maximum Gasteiger partial charge on any atom is 0.273 e. The maximum atomic E-state index is 12.6. The standard InChI is InChI=1S/C22H19N3O5S2/c26-18-14-16(25(29)30)11-12-17(18)23-20(27)10-5-13-24-21(28)19(32-22(24)31)9-4-8-15-6-2-1-3-7-15/h1-4,6-9,11-12,14,26H,5,10,13H2,(H,23,27). The fourth-order valence-electron chi connectivity index (χ4n) is 2.87. The molecule has 1 aliphatic heterocycles. The van der Waals surface area contributed by atoms with E-state index in [2.05, 4.69) is 5.32 Å². The topological polar surface area (TPSA) is 113 Å². The van der Waals surface area contributed by atoms with Gasteiger partial charge in [-0.1, -0.05) is 66.5 Å². The van der Waals surface area contributed by atoms with Crippen LogP contribution in [0.25, 0.3) is 6.08 Å². The second-order valence-electron chi connectivity index (χ2n) is 6.74. The number of non-ortho nitro benzene ring substituents is 1. The molecule has 0 spiro atoms. The summed E-state index contributed by atoms with van der Waals surface area (Å²) in [6.07, 6.45) is 5.85. The second-order valence-corrected chi connectivity index (χ2v) is 8.41. The number of nitro groups is 1. The third-order valence-electron chi connectivity index (χ3n) is 4.46. The van der Waals surface area contributed by atoms with E-state index in [4.69, 9.17) is 12.2 Å². The number of nitrogens with one attached hydrogen (secondary N) is 1. The molecule has 2 amide bonds. The van der Waals surface area contributed by atoms with Gasteiger partial charge in [0.25, 0.3) is 11.6 Å². The first-order chi connectivity index (χ1) is 15.3. The fourth-order valence-corrected chi connectivity index (χ4v) is 4.13. The zero-order valence-corrected chi connectivity index (χ0v) is 18.4. The second kappa shape index (κ2) is 10.7. The van der Waals surface area contributed by atoms with Gasteiger partial charge in [0.1, 0.15) is 10.1 Å². The Morgan fingerprint density at radius 2 is 2.00 bits per heavy atom. The molecule has 164 valence electrons. The lowest BCUT2D eigenvalue weighted by molar-refractivity contribution is -0.384. The van der Waals surface area contributed by atoms with Crippen molar-refractivity contribution in [2.45, 2.75) is 12.8 Å². The van der Waals surface area contributed by atoms with Crippen molar-refractivity contribution in [3.05, 3.63) is 81.3 Å². The molecule has 0 radical (unpaired) electrons. The van der Waals surface area contributed by atoms with Crippen LogP contribution in [0.5, 0.6) is 5.75 Å². The quantitative estimate of drug-likeness (QED) is 0.193. The van der Waals surface area contributed by atoms with E-state index >= 15 is 0 Å². The predicted molar refractivity (Wildman–Crippen MR) is 128 cm³/mol. The molecule has 0 unspecified atom stereocenters. The number of anilines is 1. The summed E-state index contributed by atoms with van der Waals surface area (Å²) in [5.74, 6) is -0.981. The Morgan fingerprint density at radius 3 is 2.69 bits per heavy atom. The molecule has 0 aromatic heterocycles. The van der Waals surface area contributed by atoms with Crippen LogP contribution in [0.4, 0.5) is 11.4 Å². The average Bonchev–Trinajstić information content (AvgIpc) is 3.03. The van der Waals surface area contributed by atoms with Crippen molar-refractivity contribution in [2.24, 2.45) is 0 Å². The van der Waals surface area contributed by atoms with Crippen LogP contribution in [0, 0.1) is 10.1 Å². The molecule has 32 heavy (non-hydrogen) atoms. The molecule has 3 rings (SSSR count). The number of aromatic hydroxyl groups is 1. The summed E-state index contributed by atoms with van der Waals surface area (Å²) >= 11 is 6.50. The molecule has 0 saturated carbocycles. The Kier molecular flexibility index (Phi) is 7.74. The molecule has 0 bridgehead atoms. The highest BCUT2D eigenvalue weighted by Crippen LogP contribution is 2.31. The highest BCUT2D eigenvalue weighted by atomic mass is 32.2. The Balaban J connectivity index is 1.50. The van der Waals surface area contributed by atoms with Gasteiger partial charge in [0.15, 0.2) is 0 Å². The lowest BCUT2D eigenvalue weighted by Crippen LogP contribution is -2.29. The SMILES string of the molecule is O=C(CCCN1C(=O)C(=CC=Cc2ccccc2)SC1=S)Nc1ccc([N+](=O)[O-])cc1O. The van der Waals surface area contributed by atoms with E-state index in [-0.39, 0.29) is 36.2 Å². The number of hydrogen-bond acceptors (Lipinski definition) is 7. The van der Waals surface area contributed by atoms with Crippen LogP contribution in [-0.4, -0.2) is 37.6 Å². The number of amides is 2. The largest absolute Gasteiger partial charge is 0.506 e. The minimum absolute atomic E-state index is 0.0827. The van der Waals surface area contributed by atoms with Gasteiger partial charge in [-0.25, -0.2) is 0 Å². The molecule has 1 heterocycles. The summed E-state index contributed by atoms with van der Waals surface area (Å²) in [4.78, 5) is 36.8. The number of nitro benzene ring substituents is 1. The van der Waals surface area contributed by atoms with Gasteiger partial charge in [0.2, 0.25) is 5.91 Å². The monoisotopic (exact) mass is 469 g/mol. The van der Waals surface area contributed by atoms with E-state index < -0.39 is 10.7 Å². The van der Waals surface area contributed by atoms with Crippen molar-refractivity contribution < 1.29 is 19.6 Å². The lowest BCUT2D eigenvalue weighted by atomic mass is 10.2. The van der Waals surface area contributed by atoms with Gasteiger partial charge in [-0.3, -0.25) is 24.6 Å². The minimum atomic E-state index is -0.639. The number of phenolic OH excluding ortho intramolecular Hbond substituents is 1. The Hall–Kier alpha value is -3.50. The van der Waals surface area contributed by atoms with Gasteiger partial charge in [0, 0.05) is 19.0 Å². The fraction of sp³-hybridized carbons (Fsp3) is 0.136. The molecular weight excluding hydrogens is 450 g/mol. The van der Waals surface area contributed by atoms with E-state index in [0.717, 1.165) is 11.6 Å². The number of carbonyl (C=O) groups excluding carboxylic acids is 2. The number of thioether (sulfide) groups is 1. The van der Waals surface area contributed by atoms with Crippen LogP contribution in [0.15, 0.2) is 65.6 Å². The van der Waals surface area contributed by atoms with Crippen molar-refractivity contribution in [1.29, 1.82) is 0 Å². The van der Waals surface area contributed by atoms with Crippen molar-refractivity contribution in [1.82, 2.24) is 4.90 Å². The first-order valence-electron chi connectivity index (χ1n) is 9.59. The van der Waals surface area contributed by atoms with E-state index in [1.54, 1.807) is 12.2 Å².